The van der Waals surface area contributed by atoms with Crippen LogP contribution in [-0.2, 0) is 0 Å². The van der Waals surface area contributed by atoms with Gasteiger partial charge in [0.2, 0.25) is 0 Å². The maximum atomic E-state index is 11.9. The van der Waals surface area contributed by atoms with E-state index in [0.29, 0.717) is 24.4 Å². The second-order valence-electron chi connectivity index (χ2n) is 6.54. The second-order valence-corrected chi connectivity index (χ2v) is 6.54. The number of hydrogen-bond acceptors (Lipinski definition) is 2. The molecule has 1 rings (SSSR count). The van der Waals surface area contributed by atoms with Gasteiger partial charge in [0, 0.05) is 23.8 Å². The summed E-state index contributed by atoms with van der Waals surface area (Å²) >= 11 is 0. The van der Waals surface area contributed by atoms with Gasteiger partial charge in [-0.15, -0.1) is 0 Å². The van der Waals surface area contributed by atoms with E-state index in [1.54, 1.807) is 0 Å². The molecule has 0 radical (unpaired) electrons. The average Bonchev–Trinajstić information content (AvgIpc) is 2.37. The van der Waals surface area contributed by atoms with E-state index in [4.69, 9.17) is 0 Å². The standard InChI is InChI=1S/C18H30N2O/c1-6-19-18(21)15-8-7-9-16(12-15)20-17(10-13(2)3)11-14(4)5/h7-9,12-14,17,20H,6,10-11H2,1-5H3,(H,19,21). The van der Waals surface area contributed by atoms with Gasteiger partial charge in [0.15, 0.2) is 0 Å². The highest BCUT2D eigenvalue weighted by atomic mass is 16.1. The Morgan fingerprint density at radius 3 is 2.24 bits per heavy atom. The summed E-state index contributed by atoms with van der Waals surface area (Å²) in [5.74, 6) is 1.31. The Bertz CT molecular complexity index is 431. The molecule has 0 aliphatic rings. The van der Waals surface area contributed by atoms with Crippen LogP contribution in [0.15, 0.2) is 24.3 Å². The minimum Gasteiger partial charge on any atom is -0.382 e. The fourth-order valence-electron chi connectivity index (χ4n) is 2.60. The first-order chi connectivity index (χ1) is 9.92. The second kappa shape index (κ2) is 8.71. The van der Waals surface area contributed by atoms with Gasteiger partial charge in [-0.3, -0.25) is 4.79 Å². The minimum absolute atomic E-state index is 0.00887. The molecule has 0 unspecified atom stereocenters. The summed E-state index contributed by atoms with van der Waals surface area (Å²) in [6.45, 7) is 11.6. The highest BCUT2D eigenvalue weighted by Gasteiger charge is 2.13. The van der Waals surface area contributed by atoms with Gasteiger partial charge in [-0.1, -0.05) is 33.8 Å². The first-order valence-corrected chi connectivity index (χ1v) is 8.07. The number of carbonyl (C=O) groups excluding carboxylic acids is 1. The lowest BCUT2D eigenvalue weighted by molar-refractivity contribution is 0.0956. The quantitative estimate of drug-likeness (QED) is 0.749. The van der Waals surface area contributed by atoms with Crippen molar-refractivity contribution in [2.75, 3.05) is 11.9 Å². The fourth-order valence-corrected chi connectivity index (χ4v) is 2.60. The Labute approximate surface area is 129 Å². The van der Waals surface area contributed by atoms with E-state index < -0.39 is 0 Å². The van der Waals surface area contributed by atoms with Crippen molar-refractivity contribution < 1.29 is 4.79 Å². The molecule has 0 saturated carbocycles. The van der Waals surface area contributed by atoms with E-state index in [1.165, 1.54) is 0 Å². The predicted octanol–water partition coefficient (Wildman–Crippen LogP) is 4.31. The van der Waals surface area contributed by atoms with E-state index in [-0.39, 0.29) is 5.91 Å². The molecule has 1 amide bonds. The molecule has 21 heavy (non-hydrogen) atoms. The zero-order valence-electron chi connectivity index (χ0n) is 14.1. The molecule has 0 bridgehead atoms. The fraction of sp³-hybridized carbons (Fsp3) is 0.611. The number of rotatable bonds is 8. The molecule has 0 aromatic heterocycles. The van der Waals surface area contributed by atoms with Gasteiger partial charge in [0.05, 0.1) is 0 Å². The van der Waals surface area contributed by atoms with Crippen LogP contribution in [0.4, 0.5) is 5.69 Å². The molecule has 0 aliphatic heterocycles. The third-order valence-electron chi connectivity index (χ3n) is 3.34. The third-order valence-corrected chi connectivity index (χ3v) is 3.34. The first kappa shape index (κ1) is 17.5. The van der Waals surface area contributed by atoms with Crippen LogP contribution in [0.25, 0.3) is 0 Å². The normalized spacial score (nSPS) is 11.2. The van der Waals surface area contributed by atoms with Crippen LogP contribution in [0.2, 0.25) is 0 Å². The van der Waals surface area contributed by atoms with Crippen molar-refractivity contribution in [3.63, 3.8) is 0 Å². The van der Waals surface area contributed by atoms with Crippen LogP contribution in [0.1, 0.15) is 57.8 Å². The lowest BCUT2D eigenvalue weighted by Crippen LogP contribution is -2.25. The molecule has 0 spiro atoms. The molecule has 3 nitrogen and oxygen atoms in total. The molecule has 0 aliphatic carbocycles. The highest BCUT2D eigenvalue weighted by Crippen LogP contribution is 2.19. The SMILES string of the molecule is CCNC(=O)c1cccc(NC(CC(C)C)CC(C)C)c1. The molecule has 0 heterocycles. The van der Waals surface area contributed by atoms with E-state index in [0.717, 1.165) is 24.1 Å². The molecular weight excluding hydrogens is 260 g/mol. The lowest BCUT2D eigenvalue weighted by Gasteiger charge is -2.23. The predicted molar refractivity (Wildman–Crippen MR) is 90.8 cm³/mol. The van der Waals surface area contributed by atoms with Crippen LogP contribution in [0.3, 0.4) is 0 Å². The van der Waals surface area contributed by atoms with Crippen molar-refractivity contribution >= 4 is 11.6 Å². The van der Waals surface area contributed by atoms with E-state index in [9.17, 15) is 4.79 Å². The summed E-state index contributed by atoms with van der Waals surface area (Å²) < 4.78 is 0. The van der Waals surface area contributed by atoms with Crippen LogP contribution >= 0.6 is 0 Å². The number of amides is 1. The van der Waals surface area contributed by atoms with Crippen LogP contribution in [0.5, 0.6) is 0 Å². The van der Waals surface area contributed by atoms with Gasteiger partial charge in [0.1, 0.15) is 0 Å². The van der Waals surface area contributed by atoms with Crippen molar-refractivity contribution in [2.45, 2.75) is 53.5 Å². The number of carbonyl (C=O) groups is 1. The van der Waals surface area contributed by atoms with Crippen LogP contribution in [0, 0.1) is 11.8 Å². The number of benzene rings is 1. The Morgan fingerprint density at radius 1 is 1.10 bits per heavy atom. The summed E-state index contributed by atoms with van der Waals surface area (Å²) in [6, 6.07) is 8.23. The first-order valence-electron chi connectivity index (χ1n) is 8.07. The largest absolute Gasteiger partial charge is 0.382 e. The molecule has 1 aromatic rings. The summed E-state index contributed by atoms with van der Waals surface area (Å²) in [7, 11) is 0. The van der Waals surface area contributed by atoms with E-state index in [2.05, 4.69) is 38.3 Å². The molecule has 2 N–H and O–H groups in total. The van der Waals surface area contributed by atoms with Gasteiger partial charge >= 0.3 is 0 Å². The van der Waals surface area contributed by atoms with Gasteiger partial charge in [-0.2, -0.15) is 0 Å². The number of hydrogen-bond donors (Lipinski definition) is 2. The maximum absolute atomic E-state index is 11.9. The number of anilines is 1. The Kier molecular flexibility index (Phi) is 7.27. The molecule has 0 atom stereocenters. The van der Waals surface area contributed by atoms with E-state index >= 15 is 0 Å². The van der Waals surface area contributed by atoms with Crippen molar-refractivity contribution in [1.29, 1.82) is 0 Å². The Hall–Kier alpha value is -1.51. The highest BCUT2D eigenvalue weighted by molar-refractivity contribution is 5.95. The molecule has 118 valence electrons. The molecule has 0 saturated heterocycles. The van der Waals surface area contributed by atoms with Gasteiger partial charge < -0.3 is 10.6 Å². The molecule has 1 aromatic carbocycles. The third kappa shape index (κ3) is 6.65. The van der Waals surface area contributed by atoms with Gasteiger partial charge in [-0.25, -0.2) is 0 Å². The molecule has 3 heteroatoms. The average molecular weight is 290 g/mol. The summed E-state index contributed by atoms with van der Waals surface area (Å²) in [5.41, 5.74) is 1.75. The van der Waals surface area contributed by atoms with Crippen molar-refractivity contribution in [3.8, 4) is 0 Å². The zero-order valence-corrected chi connectivity index (χ0v) is 14.1. The topological polar surface area (TPSA) is 41.1 Å². The van der Waals surface area contributed by atoms with Gasteiger partial charge in [-0.05, 0) is 49.8 Å². The maximum Gasteiger partial charge on any atom is 0.251 e. The zero-order chi connectivity index (χ0) is 15.8. The number of nitrogens with one attached hydrogen (secondary N) is 2. The van der Waals surface area contributed by atoms with Crippen molar-refractivity contribution in [2.24, 2.45) is 11.8 Å². The molecular formula is C18H30N2O. The van der Waals surface area contributed by atoms with Crippen molar-refractivity contribution in [1.82, 2.24) is 5.32 Å². The van der Waals surface area contributed by atoms with E-state index in [1.807, 2.05) is 31.2 Å². The minimum atomic E-state index is -0.00887. The molecule has 0 fully saturated rings. The summed E-state index contributed by atoms with van der Waals surface area (Å²) in [5, 5.41) is 6.44. The smallest absolute Gasteiger partial charge is 0.251 e. The Balaban J connectivity index is 2.78. The lowest BCUT2D eigenvalue weighted by atomic mass is 9.95. The van der Waals surface area contributed by atoms with Crippen LogP contribution in [-0.4, -0.2) is 18.5 Å². The monoisotopic (exact) mass is 290 g/mol. The van der Waals surface area contributed by atoms with Crippen molar-refractivity contribution in [3.05, 3.63) is 29.8 Å². The summed E-state index contributed by atoms with van der Waals surface area (Å²) in [4.78, 5) is 11.9. The summed E-state index contributed by atoms with van der Waals surface area (Å²) in [6.07, 6.45) is 2.28. The van der Waals surface area contributed by atoms with Crippen LogP contribution < -0.4 is 10.6 Å². The van der Waals surface area contributed by atoms with Gasteiger partial charge in [0.25, 0.3) is 5.91 Å². The Morgan fingerprint density at radius 2 is 1.71 bits per heavy atom.